The predicted octanol–water partition coefficient (Wildman–Crippen LogP) is 4.26. The second kappa shape index (κ2) is 8.50. The molecule has 0 bridgehead atoms. The maximum atomic E-state index is 10.9. The summed E-state index contributed by atoms with van der Waals surface area (Å²) in [6.07, 6.45) is -11.6. The van der Waals surface area contributed by atoms with Gasteiger partial charge in [0.05, 0.1) is 11.4 Å². The normalized spacial score (nSPS) is 11.1. The van der Waals surface area contributed by atoms with Gasteiger partial charge in [0.25, 0.3) is 0 Å². The van der Waals surface area contributed by atoms with Gasteiger partial charge in [-0.05, 0) is 27.7 Å². The van der Waals surface area contributed by atoms with Crippen LogP contribution in [0.4, 0.5) is 26.3 Å². The average Bonchev–Trinajstić information content (AvgIpc) is 2.96. The van der Waals surface area contributed by atoms with Crippen LogP contribution in [0.25, 0.3) is 0 Å². The molecule has 2 aromatic heterocycles. The summed E-state index contributed by atoms with van der Waals surface area (Å²) in [4.78, 5) is 9.24. The molecular weight excluding hydrogens is 346 g/mol. The second-order valence-electron chi connectivity index (χ2n) is 4.48. The number of rotatable bonds is 0. The van der Waals surface area contributed by atoms with Crippen LogP contribution < -0.4 is 0 Å². The number of aryl methyl sites for hydroxylation is 4. The molecule has 0 aliphatic carbocycles. The van der Waals surface area contributed by atoms with Gasteiger partial charge < -0.3 is 9.05 Å². The quantitative estimate of drug-likeness (QED) is 0.657. The van der Waals surface area contributed by atoms with Gasteiger partial charge in [-0.3, -0.25) is 4.79 Å². The number of halogens is 6. The fourth-order valence-electron chi connectivity index (χ4n) is 1.14. The van der Waals surface area contributed by atoms with Crippen molar-refractivity contribution in [1.29, 1.82) is 0 Å². The fraction of sp³-hybridized carbons (Fsp3) is 0.462. The number of alkyl halides is 6. The maximum Gasteiger partial charge on any atom is 0.459 e. The van der Waals surface area contributed by atoms with Crippen LogP contribution in [-0.2, 0) is 4.79 Å². The van der Waals surface area contributed by atoms with Gasteiger partial charge in [-0.25, -0.2) is 0 Å². The number of aromatic nitrogens is 2. The minimum absolute atomic E-state index is 0.873. The molecule has 0 saturated heterocycles. The Kier molecular flexibility index (Phi) is 7.68. The van der Waals surface area contributed by atoms with Crippen molar-refractivity contribution in [3.05, 3.63) is 35.0 Å². The Morgan fingerprint density at radius 1 is 0.792 bits per heavy atom. The second-order valence-corrected chi connectivity index (χ2v) is 4.48. The summed E-state index contributed by atoms with van der Waals surface area (Å²) in [5, 5.41) is 7.28. The van der Waals surface area contributed by atoms with E-state index >= 15 is 0 Å². The molecule has 0 atom stereocenters. The highest BCUT2D eigenvalue weighted by atomic mass is 19.4. The number of carbonyl (C=O) groups is 1. The van der Waals surface area contributed by atoms with Crippen molar-refractivity contribution in [3.8, 4) is 0 Å². The Hall–Kier alpha value is -2.33. The highest BCUT2D eigenvalue weighted by Gasteiger charge is 2.55. The molecular formula is C13H14F6N2O3. The molecule has 2 rings (SSSR count). The van der Waals surface area contributed by atoms with Crippen molar-refractivity contribution in [2.45, 2.75) is 40.0 Å². The third kappa shape index (κ3) is 8.96. The van der Waals surface area contributed by atoms with E-state index in [1.54, 1.807) is 0 Å². The van der Waals surface area contributed by atoms with Crippen LogP contribution in [0, 0.1) is 27.7 Å². The number of carbonyl (C=O) groups excluding carboxylic acids is 1. The number of nitrogens with zero attached hydrogens (tertiary/aromatic N) is 2. The Labute approximate surface area is 132 Å². The zero-order chi connectivity index (χ0) is 19.1. The summed E-state index contributed by atoms with van der Waals surface area (Å²) in [5.74, 6) is -1.94. The van der Waals surface area contributed by atoms with Crippen LogP contribution in [0.3, 0.4) is 0 Å². The fourth-order valence-corrected chi connectivity index (χ4v) is 1.14. The van der Waals surface area contributed by atoms with Crippen LogP contribution in [0.2, 0.25) is 0 Å². The van der Waals surface area contributed by atoms with Gasteiger partial charge in [0, 0.05) is 12.1 Å². The number of Topliss-reactive ketones (excluding diaryl/α,β-unsaturated/α-hetero) is 1. The predicted molar refractivity (Wildman–Crippen MR) is 69.1 cm³/mol. The van der Waals surface area contributed by atoms with E-state index in [9.17, 15) is 31.1 Å². The van der Waals surface area contributed by atoms with Gasteiger partial charge in [-0.2, -0.15) is 26.3 Å². The van der Waals surface area contributed by atoms with Crippen molar-refractivity contribution in [1.82, 2.24) is 10.3 Å². The van der Waals surface area contributed by atoms with Gasteiger partial charge >= 0.3 is 18.1 Å². The lowest BCUT2D eigenvalue weighted by Gasteiger charge is -2.06. The van der Waals surface area contributed by atoms with E-state index in [4.69, 9.17) is 9.05 Å². The first kappa shape index (κ1) is 21.7. The summed E-state index contributed by atoms with van der Waals surface area (Å²) in [7, 11) is 0. The highest BCUT2D eigenvalue weighted by Crippen LogP contribution is 2.28. The molecule has 0 aromatic carbocycles. The number of hydrogen-bond acceptors (Lipinski definition) is 5. The van der Waals surface area contributed by atoms with Gasteiger partial charge in [-0.15, -0.1) is 0 Å². The molecule has 2 heterocycles. The molecule has 24 heavy (non-hydrogen) atoms. The summed E-state index contributed by atoms with van der Waals surface area (Å²) in [5.41, 5.74) is 1.88. The van der Waals surface area contributed by atoms with Crippen molar-refractivity contribution in [2.75, 3.05) is 0 Å². The monoisotopic (exact) mass is 360 g/mol. The minimum Gasteiger partial charge on any atom is -0.361 e. The van der Waals surface area contributed by atoms with E-state index in [-0.39, 0.29) is 0 Å². The molecule has 0 aliphatic rings. The SMILES string of the molecule is Cc1cc(C)on1.Cc1cc(C)on1.O=C(C(F)(F)F)C(F)(F)F. The summed E-state index contributed by atoms with van der Waals surface area (Å²) >= 11 is 0. The summed E-state index contributed by atoms with van der Waals surface area (Å²) < 4.78 is 74.7. The van der Waals surface area contributed by atoms with Gasteiger partial charge in [-0.1, -0.05) is 10.3 Å². The zero-order valence-electron chi connectivity index (χ0n) is 13.0. The Balaban J connectivity index is 0.000000337. The lowest BCUT2D eigenvalue weighted by atomic mass is 10.4. The Bertz CT molecular complexity index is 555. The number of hydrogen-bond donors (Lipinski definition) is 0. The molecule has 2 aromatic rings. The van der Waals surface area contributed by atoms with Crippen molar-refractivity contribution >= 4 is 5.78 Å². The molecule has 0 aliphatic heterocycles. The standard InChI is InChI=1S/2C5H7NO.C3F6O/c2*1-4-3-5(2)7-6-4;4-2(5,6)1(10)3(7,8)9/h2*3H,1-2H3;. The van der Waals surface area contributed by atoms with Gasteiger partial charge in [0.15, 0.2) is 0 Å². The van der Waals surface area contributed by atoms with E-state index in [0.29, 0.717) is 0 Å². The van der Waals surface area contributed by atoms with Crippen LogP contribution in [0.5, 0.6) is 0 Å². The summed E-state index contributed by atoms with van der Waals surface area (Å²) in [6, 6.07) is 3.78. The zero-order valence-corrected chi connectivity index (χ0v) is 13.0. The first-order valence-corrected chi connectivity index (χ1v) is 6.21. The average molecular weight is 360 g/mol. The topological polar surface area (TPSA) is 69.1 Å². The highest BCUT2D eigenvalue weighted by molar-refractivity contribution is 5.89. The summed E-state index contributed by atoms with van der Waals surface area (Å²) in [6.45, 7) is 7.55. The molecule has 11 heteroatoms. The molecule has 0 amide bonds. The van der Waals surface area contributed by atoms with E-state index < -0.39 is 18.1 Å². The molecule has 0 fully saturated rings. The molecule has 0 unspecified atom stereocenters. The molecule has 136 valence electrons. The maximum absolute atomic E-state index is 10.9. The van der Waals surface area contributed by atoms with Crippen LogP contribution >= 0.6 is 0 Å². The third-order valence-corrected chi connectivity index (χ3v) is 2.01. The first-order chi connectivity index (χ1) is 10.7. The molecule has 0 saturated carbocycles. The van der Waals surface area contributed by atoms with E-state index in [1.807, 2.05) is 39.8 Å². The van der Waals surface area contributed by atoms with Gasteiger partial charge in [0.2, 0.25) is 0 Å². The van der Waals surface area contributed by atoms with Crippen molar-refractivity contribution in [2.24, 2.45) is 0 Å². The van der Waals surface area contributed by atoms with Crippen molar-refractivity contribution < 1.29 is 40.2 Å². The molecule has 0 radical (unpaired) electrons. The van der Waals surface area contributed by atoms with Gasteiger partial charge in [0.1, 0.15) is 11.5 Å². The smallest absolute Gasteiger partial charge is 0.361 e. The van der Waals surface area contributed by atoms with E-state index in [2.05, 4.69) is 10.3 Å². The third-order valence-electron chi connectivity index (χ3n) is 2.01. The molecule has 0 spiro atoms. The lowest BCUT2D eigenvalue weighted by molar-refractivity contribution is -0.217. The van der Waals surface area contributed by atoms with E-state index in [1.165, 1.54) is 0 Å². The Morgan fingerprint density at radius 3 is 1.12 bits per heavy atom. The van der Waals surface area contributed by atoms with Crippen LogP contribution in [0.15, 0.2) is 21.2 Å². The molecule has 0 N–H and O–H groups in total. The Morgan fingerprint density at radius 2 is 1.08 bits per heavy atom. The lowest BCUT2D eigenvalue weighted by Crippen LogP contribution is -2.36. The largest absolute Gasteiger partial charge is 0.459 e. The first-order valence-electron chi connectivity index (χ1n) is 6.21. The number of ketones is 1. The minimum atomic E-state index is -5.82. The molecule has 5 nitrogen and oxygen atoms in total. The van der Waals surface area contributed by atoms with Crippen LogP contribution in [-0.4, -0.2) is 28.4 Å². The van der Waals surface area contributed by atoms with Crippen LogP contribution in [0.1, 0.15) is 22.9 Å². The van der Waals surface area contributed by atoms with E-state index in [0.717, 1.165) is 22.9 Å². The van der Waals surface area contributed by atoms with Crippen molar-refractivity contribution in [3.63, 3.8) is 0 Å².